The molecule has 0 aliphatic carbocycles. The van der Waals surface area contributed by atoms with Crippen LogP contribution in [-0.4, -0.2) is 0 Å². The highest BCUT2D eigenvalue weighted by Gasteiger charge is 2.18. The van der Waals surface area contributed by atoms with E-state index in [0.717, 1.165) is 55.5 Å². The summed E-state index contributed by atoms with van der Waals surface area (Å²) in [5.41, 5.74) is 12.2. The lowest BCUT2D eigenvalue weighted by Gasteiger charge is -2.26. The molecular formula is C54H35NO. The van der Waals surface area contributed by atoms with Gasteiger partial charge in [-0.15, -0.1) is 0 Å². The predicted octanol–water partition coefficient (Wildman–Crippen LogP) is 15.5. The molecule has 0 saturated heterocycles. The van der Waals surface area contributed by atoms with Crippen molar-refractivity contribution in [3.05, 3.63) is 212 Å². The van der Waals surface area contributed by atoms with Gasteiger partial charge in [-0.25, -0.2) is 0 Å². The van der Waals surface area contributed by atoms with Gasteiger partial charge in [0.25, 0.3) is 0 Å². The molecule has 0 spiro atoms. The molecular weight excluding hydrogens is 679 g/mol. The van der Waals surface area contributed by atoms with Crippen LogP contribution in [-0.2, 0) is 0 Å². The Morgan fingerprint density at radius 2 is 0.857 bits per heavy atom. The average Bonchev–Trinajstić information content (AvgIpc) is 3.65. The first-order chi connectivity index (χ1) is 27.7. The second-order valence-electron chi connectivity index (χ2n) is 14.5. The maximum absolute atomic E-state index is 6.70. The van der Waals surface area contributed by atoms with Crippen LogP contribution >= 0.6 is 0 Å². The van der Waals surface area contributed by atoms with Gasteiger partial charge in [0.05, 0.1) is 0 Å². The third kappa shape index (κ3) is 5.42. The van der Waals surface area contributed by atoms with E-state index < -0.39 is 0 Å². The molecule has 11 aromatic rings. The minimum atomic E-state index is 0.889. The standard InChI is InChI=1S/C54H35NO/c1-3-12-36(13-4-1)40-17-11-18-44(32-40)55(45-29-31-47-42(33-45)23-22-39-16-7-8-19-46(39)47)43-27-24-37(25-28-43)41-26-30-49-52-35-51(38-14-5-2-6-15-38)48-20-9-10-21-50(48)54(52)56-53(49)34-41/h1-35H. The fourth-order valence-electron chi connectivity index (χ4n) is 8.48. The van der Waals surface area contributed by atoms with Crippen molar-refractivity contribution in [2.75, 3.05) is 4.90 Å². The Morgan fingerprint density at radius 1 is 0.286 bits per heavy atom. The van der Waals surface area contributed by atoms with Gasteiger partial charge < -0.3 is 9.32 Å². The number of hydrogen-bond donors (Lipinski definition) is 0. The van der Waals surface area contributed by atoms with Gasteiger partial charge in [-0.2, -0.15) is 0 Å². The van der Waals surface area contributed by atoms with Gasteiger partial charge in [-0.3, -0.25) is 0 Å². The molecule has 0 amide bonds. The van der Waals surface area contributed by atoms with Crippen molar-refractivity contribution in [3.8, 4) is 33.4 Å². The molecule has 0 radical (unpaired) electrons. The molecule has 10 aromatic carbocycles. The van der Waals surface area contributed by atoms with Gasteiger partial charge in [-0.1, -0.05) is 158 Å². The number of furan rings is 1. The molecule has 262 valence electrons. The van der Waals surface area contributed by atoms with Crippen molar-refractivity contribution >= 4 is 71.3 Å². The van der Waals surface area contributed by atoms with Crippen molar-refractivity contribution in [3.63, 3.8) is 0 Å². The van der Waals surface area contributed by atoms with Crippen molar-refractivity contribution in [2.24, 2.45) is 0 Å². The minimum absolute atomic E-state index is 0.889. The summed E-state index contributed by atoms with van der Waals surface area (Å²) in [4.78, 5) is 2.36. The topological polar surface area (TPSA) is 16.4 Å². The molecule has 11 rings (SSSR count). The first-order valence-corrected chi connectivity index (χ1v) is 19.2. The monoisotopic (exact) mass is 713 g/mol. The van der Waals surface area contributed by atoms with E-state index in [1.165, 1.54) is 49.2 Å². The summed E-state index contributed by atoms with van der Waals surface area (Å²) in [5, 5.41) is 9.57. The highest BCUT2D eigenvalue weighted by atomic mass is 16.3. The molecule has 0 atom stereocenters. The molecule has 56 heavy (non-hydrogen) atoms. The van der Waals surface area contributed by atoms with E-state index in [0.29, 0.717) is 0 Å². The number of fused-ring (bicyclic) bond motifs is 8. The molecule has 0 unspecified atom stereocenters. The second-order valence-corrected chi connectivity index (χ2v) is 14.5. The molecule has 2 nitrogen and oxygen atoms in total. The Balaban J connectivity index is 1.01. The Morgan fingerprint density at radius 3 is 1.68 bits per heavy atom. The minimum Gasteiger partial charge on any atom is -0.455 e. The van der Waals surface area contributed by atoms with Crippen molar-refractivity contribution in [1.82, 2.24) is 0 Å². The van der Waals surface area contributed by atoms with Crippen LogP contribution in [0.5, 0.6) is 0 Å². The lowest BCUT2D eigenvalue weighted by Crippen LogP contribution is -2.10. The quantitative estimate of drug-likeness (QED) is 0.160. The van der Waals surface area contributed by atoms with E-state index in [2.05, 4.69) is 217 Å². The zero-order valence-electron chi connectivity index (χ0n) is 30.6. The number of anilines is 3. The van der Waals surface area contributed by atoms with Gasteiger partial charge in [0.1, 0.15) is 11.2 Å². The zero-order valence-corrected chi connectivity index (χ0v) is 30.6. The summed E-state index contributed by atoms with van der Waals surface area (Å²) in [6.07, 6.45) is 0. The van der Waals surface area contributed by atoms with E-state index in [1.54, 1.807) is 0 Å². The van der Waals surface area contributed by atoms with Crippen LogP contribution in [0.3, 0.4) is 0 Å². The summed E-state index contributed by atoms with van der Waals surface area (Å²) in [7, 11) is 0. The number of hydrogen-bond acceptors (Lipinski definition) is 2. The van der Waals surface area contributed by atoms with Gasteiger partial charge in [0, 0.05) is 33.2 Å². The molecule has 1 aromatic heterocycles. The first-order valence-electron chi connectivity index (χ1n) is 19.2. The molecule has 0 aliphatic rings. The highest BCUT2D eigenvalue weighted by Crippen LogP contribution is 2.42. The molecule has 2 heteroatoms. The Hall–Kier alpha value is -7.42. The van der Waals surface area contributed by atoms with Crippen LogP contribution in [0, 0.1) is 0 Å². The largest absolute Gasteiger partial charge is 0.455 e. The number of benzene rings is 10. The lowest BCUT2D eigenvalue weighted by molar-refractivity contribution is 0.673. The summed E-state index contributed by atoms with van der Waals surface area (Å²) >= 11 is 0. The van der Waals surface area contributed by atoms with Crippen LogP contribution in [0.2, 0.25) is 0 Å². The molecule has 0 bridgehead atoms. The van der Waals surface area contributed by atoms with Gasteiger partial charge >= 0.3 is 0 Å². The third-order valence-corrected chi connectivity index (χ3v) is 11.2. The predicted molar refractivity (Wildman–Crippen MR) is 237 cm³/mol. The third-order valence-electron chi connectivity index (χ3n) is 11.2. The normalized spacial score (nSPS) is 11.6. The average molecular weight is 714 g/mol. The van der Waals surface area contributed by atoms with Crippen molar-refractivity contribution in [1.29, 1.82) is 0 Å². The van der Waals surface area contributed by atoms with Gasteiger partial charge in [0.2, 0.25) is 0 Å². The van der Waals surface area contributed by atoms with E-state index >= 15 is 0 Å². The van der Waals surface area contributed by atoms with E-state index in [1.807, 2.05) is 0 Å². The van der Waals surface area contributed by atoms with E-state index in [-0.39, 0.29) is 0 Å². The maximum atomic E-state index is 6.70. The number of nitrogens with zero attached hydrogens (tertiary/aromatic N) is 1. The Bertz CT molecular complexity index is 3230. The van der Waals surface area contributed by atoms with Gasteiger partial charge in [-0.05, 0) is 115 Å². The number of rotatable bonds is 6. The van der Waals surface area contributed by atoms with Crippen LogP contribution in [0.25, 0.3) is 87.6 Å². The second kappa shape index (κ2) is 13.2. The van der Waals surface area contributed by atoms with Crippen LogP contribution in [0.15, 0.2) is 217 Å². The van der Waals surface area contributed by atoms with Crippen molar-refractivity contribution in [2.45, 2.75) is 0 Å². The SMILES string of the molecule is c1ccc(-c2cccc(N(c3ccc(-c4ccc5c(c4)oc4c6ccccc6c(-c6ccccc6)cc54)cc3)c3ccc4c(ccc5ccccc54)c3)c2)cc1. The maximum Gasteiger partial charge on any atom is 0.143 e. The Kier molecular flexibility index (Phi) is 7.53. The highest BCUT2D eigenvalue weighted by molar-refractivity contribution is 6.19. The Labute approximate surface area is 325 Å². The summed E-state index contributed by atoms with van der Waals surface area (Å²) in [6.45, 7) is 0. The summed E-state index contributed by atoms with van der Waals surface area (Å²) in [5.74, 6) is 0. The van der Waals surface area contributed by atoms with Crippen molar-refractivity contribution < 1.29 is 4.42 Å². The van der Waals surface area contributed by atoms with E-state index in [9.17, 15) is 0 Å². The summed E-state index contributed by atoms with van der Waals surface area (Å²) in [6, 6.07) is 76.4. The molecule has 0 N–H and O–H groups in total. The molecule has 0 fully saturated rings. The fourth-order valence-corrected chi connectivity index (χ4v) is 8.48. The van der Waals surface area contributed by atoms with Crippen LogP contribution in [0.1, 0.15) is 0 Å². The first kappa shape index (κ1) is 32.0. The lowest BCUT2D eigenvalue weighted by atomic mass is 9.95. The smallest absolute Gasteiger partial charge is 0.143 e. The van der Waals surface area contributed by atoms with Crippen LogP contribution in [0.4, 0.5) is 17.1 Å². The van der Waals surface area contributed by atoms with E-state index in [4.69, 9.17) is 4.42 Å². The fraction of sp³-hybridized carbons (Fsp3) is 0. The molecule has 0 saturated carbocycles. The summed E-state index contributed by atoms with van der Waals surface area (Å²) < 4.78 is 6.70. The molecule has 1 heterocycles. The van der Waals surface area contributed by atoms with Crippen LogP contribution < -0.4 is 4.90 Å². The zero-order chi connectivity index (χ0) is 37.0. The van der Waals surface area contributed by atoms with Gasteiger partial charge in [0.15, 0.2) is 0 Å². The molecule has 0 aliphatic heterocycles.